The second kappa shape index (κ2) is 10.2. The number of esters is 2. The molecule has 0 amide bonds. The normalized spacial score (nSPS) is 39.6. The maximum atomic E-state index is 14.0. The molecule has 9 atom stereocenters. The van der Waals surface area contributed by atoms with Crippen LogP contribution in [0.1, 0.15) is 95.3 Å². The molecule has 0 radical (unpaired) electrons. The van der Waals surface area contributed by atoms with Crippen LogP contribution in [-0.2, 0) is 19.1 Å². The molecule has 37 heavy (non-hydrogen) atoms. The zero-order valence-corrected chi connectivity index (χ0v) is 23.0. The maximum absolute atomic E-state index is 14.0. The van der Waals surface area contributed by atoms with Gasteiger partial charge in [-0.15, -0.1) is 0 Å². The summed E-state index contributed by atoms with van der Waals surface area (Å²) in [6.45, 7) is 6.93. The summed E-state index contributed by atoms with van der Waals surface area (Å²) in [5.41, 5.74) is 0.500. The Hall–Kier alpha value is -2.17. The molecule has 0 bridgehead atoms. The minimum atomic E-state index is -0.262. The van der Waals surface area contributed by atoms with Crippen molar-refractivity contribution < 1.29 is 23.9 Å². The summed E-state index contributed by atoms with van der Waals surface area (Å²) in [6.07, 6.45) is 9.31. The molecule has 0 unspecified atom stereocenters. The van der Waals surface area contributed by atoms with E-state index < -0.39 is 0 Å². The van der Waals surface area contributed by atoms with Gasteiger partial charge in [0.1, 0.15) is 11.9 Å². The highest BCUT2D eigenvalue weighted by atomic mass is 16.5. The molecule has 0 N–H and O–H groups in total. The monoisotopic (exact) mass is 508 g/mol. The molecule has 1 aromatic rings. The van der Waals surface area contributed by atoms with E-state index in [-0.39, 0.29) is 28.9 Å². The summed E-state index contributed by atoms with van der Waals surface area (Å²) in [5, 5.41) is 0. The zero-order valence-electron chi connectivity index (χ0n) is 23.0. The molecule has 4 aliphatic rings. The van der Waals surface area contributed by atoms with Crippen LogP contribution in [0.5, 0.6) is 0 Å². The Kier molecular flexibility index (Phi) is 7.28. The summed E-state index contributed by atoms with van der Waals surface area (Å²) >= 11 is 0. The molecular formula is C32H44O5. The molecule has 1 aromatic carbocycles. The van der Waals surface area contributed by atoms with E-state index in [0.29, 0.717) is 59.7 Å². The highest BCUT2D eigenvalue weighted by molar-refractivity contribution is 5.89. The van der Waals surface area contributed by atoms with E-state index in [1.165, 1.54) is 20.0 Å². The topological polar surface area (TPSA) is 69.7 Å². The molecular weight excluding hydrogens is 464 g/mol. The molecule has 4 aliphatic carbocycles. The van der Waals surface area contributed by atoms with Gasteiger partial charge in [0.15, 0.2) is 0 Å². The second-order valence-electron chi connectivity index (χ2n) is 13.0. The Balaban J connectivity index is 1.27. The van der Waals surface area contributed by atoms with Crippen LogP contribution in [0, 0.1) is 46.3 Å². The highest BCUT2D eigenvalue weighted by Gasteiger charge is 2.64. The summed E-state index contributed by atoms with van der Waals surface area (Å²) in [4.78, 5) is 38.4. The highest BCUT2D eigenvalue weighted by Crippen LogP contribution is 2.67. The Bertz CT molecular complexity index is 1020. The summed E-state index contributed by atoms with van der Waals surface area (Å²) < 4.78 is 10.8. The fraction of sp³-hybridized carbons (Fsp3) is 0.719. The van der Waals surface area contributed by atoms with Crippen LogP contribution in [0.25, 0.3) is 0 Å². The van der Waals surface area contributed by atoms with E-state index in [1.54, 1.807) is 0 Å². The van der Waals surface area contributed by atoms with Crippen LogP contribution in [0.2, 0.25) is 0 Å². The first-order chi connectivity index (χ1) is 17.7. The number of hydrogen-bond acceptors (Lipinski definition) is 5. The third-order valence-corrected chi connectivity index (χ3v) is 11.6. The number of carbonyl (C=O) groups excluding carboxylic acids is 3. The number of ketones is 1. The number of methoxy groups -OCH3 is 1. The minimum absolute atomic E-state index is 0.0292. The number of benzene rings is 1. The number of Topliss-reactive ketones (excluding diaryl/α,β-unsaturated/α-hetero) is 1. The van der Waals surface area contributed by atoms with Crippen LogP contribution in [0.4, 0.5) is 0 Å². The van der Waals surface area contributed by atoms with Gasteiger partial charge in [-0.1, -0.05) is 39.0 Å². The van der Waals surface area contributed by atoms with Crippen molar-refractivity contribution in [3.63, 3.8) is 0 Å². The lowest BCUT2D eigenvalue weighted by Crippen LogP contribution is -2.57. The first-order valence-electron chi connectivity index (χ1n) is 14.5. The predicted molar refractivity (Wildman–Crippen MR) is 142 cm³/mol. The standard InChI is InChI=1S/C32H44O5/c1-20(10-15-29(34)36-4)25-13-14-26-24-12-11-22-18-23(37-30(35)21-8-6-5-7-9-21)16-17-31(22,2)27(24)19-28(33)32(25,26)3/h5-9,20,22-27H,10-19H2,1-4H3/t20-,22+,23-,24+,25-,26+,27+,31+,32-/m1/s1. The van der Waals surface area contributed by atoms with Gasteiger partial charge in [-0.3, -0.25) is 9.59 Å². The molecule has 4 saturated carbocycles. The minimum Gasteiger partial charge on any atom is -0.469 e. The number of fused-ring (bicyclic) bond motifs is 5. The molecule has 0 spiro atoms. The van der Waals surface area contributed by atoms with Gasteiger partial charge in [0.05, 0.1) is 12.7 Å². The van der Waals surface area contributed by atoms with Gasteiger partial charge >= 0.3 is 11.9 Å². The second-order valence-corrected chi connectivity index (χ2v) is 13.0. The van der Waals surface area contributed by atoms with Crippen LogP contribution in [0.15, 0.2) is 30.3 Å². The Morgan fingerprint density at radius 2 is 1.78 bits per heavy atom. The van der Waals surface area contributed by atoms with Crippen LogP contribution >= 0.6 is 0 Å². The molecule has 0 heterocycles. The molecule has 4 fully saturated rings. The fourth-order valence-corrected chi connectivity index (χ4v) is 9.42. The van der Waals surface area contributed by atoms with Crippen LogP contribution < -0.4 is 0 Å². The van der Waals surface area contributed by atoms with Gasteiger partial charge < -0.3 is 9.47 Å². The van der Waals surface area contributed by atoms with Gasteiger partial charge in [0.25, 0.3) is 0 Å². The van der Waals surface area contributed by atoms with E-state index in [0.717, 1.165) is 38.5 Å². The summed E-state index contributed by atoms with van der Waals surface area (Å²) in [5.74, 6) is 2.79. The first kappa shape index (κ1) is 26.4. The average molecular weight is 509 g/mol. The predicted octanol–water partition coefficient (Wildman–Crippen LogP) is 6.64. The van der Waals surface area contributed by atoms with Crippen molar-refractivity contribution >= 4 is 17.7 Å². The van der Waals surface area contributed by atoms with E-state index in [2.05, 4.69) is 20.8 Å². The van der Waals surface area contributed by atoms with Crippen molar-refractivity contribution in [1.29, 1.82) is 0 Å². The molecule has 0 aromatic heterocycles. The maximum Gasteiger partial charge on any atom is 0.338 e. The lowest BCUT2D eigenvalue weighted by atomic mass is 9.44. The Labute approximate surface area is 222 Å². The van der Waals surface area contributed by atoms with Crippen molar-refractivity contribution in [3.05, 3.63) is 35.9 Å². The third kappa shape index (κ3) is 4.55. The molecule has 0 aliphatic heterocycles. The largest absolute Gasteiger partial charge is 0.469 e. The van der Waals surface area contributed by atoms with E-state index in [9.17, 15) is 14.4 Å². The average Bonchev–Trinajstić information content (AvgIpc) is 3.27. The molecule has 5 nitrogen and oxygen atoms in total. The van der Waals surface area contributed by atoms with Gasteiger partial charge in [-0.05, 0) is 104 Å². The van der Waals surface area contributed by atoms with Crippen molar-refractivity contribution in [2.24, 2.45) is 46.3 Å². The van der Waals surface area contributed by atoms with Crippen molar-refractivity contribution in [2.45, 2.75) is 91.1 Å². The van der Waals surface area contributed by atoms with Crippen LogP contribution in [0.3, 0.4) is 0 Å². The van der Waals surface area contributed by atoms with E-state index in [1.807, 2.05) is 30.3 Å². The molecule has 0 saturated heterocycles. The zero-order chi connectivity index (χ0) is 26.4. The lowest BCUT2D eigenvalue weighted by Gasteiger charge is -2.60. The summed E-state index contributed by atoms with van der Waals surface area (Å²) in [6, 6.07) is 9.29. The number of hydrogen-bond donors (Lipinski definition) is 0. The van der Waals surface area contributed by atoms with Crippen molar-refractivity contribution in [2.75, 3.05) is 7.11 Å². The molecule has 202 valence electrons. The molecule has 5 heteroatoms. The van der Waals surface area contributed by atoms with E-state index >= 15 is 0 Å². The molecule has 5 rings (SSSR count). The first-order valence-corrected chi connectivity index (χ1v) is 14.5. The van der Waals surface area contributed by atoms with E-state index in [4.69, 9.17) is 9.47 Å². The summed E-state index contributed by atoms with van der Waals surface area (Å²) in [7, 11) is 1.45. The SMILES string of the molecule is COC(=O)CC[C@@H](C)[C@H]1CC[C@H]2[C@@H]3CC[C@H]4C[C@H](OC(=O)c5ccccc5)CC[C@]4(C)[C@H]3CC(=O)[C@]12C. The van der Waals surface area contributed by atoms with Gasteiger partial charge in [-0.25, -0.2) is 4.79 Å². The van der Waals surface area contributed by atoms with Gasteiger partial charge in [-0.2, -0.15) is 0 Å². The van der Waals surface area contributed by atoms with Crippen LogP contribution in [-0.4, -0.2) is 30.9 Å². The van der Waals surface area contributed by atoms with Crippen molar-refractivity contribution in [3.8, 4) is 0 Å². The lowest BCUT2D eigenvalue weighted by molar-refractivity contribution is -0.160. The fourth-order valence-electron chi connectivity index (χ4n) is 9.42. The number of carbonyl (C=O) groups is 3. The van der Waals surface area contributed by atoms with Gasteiger partial charge in [0, 0.05) is 18.3 Å². The number of ether oxygens (including phenoxy) is 2. The quantitative estimate of drug-likeness (QED) is 0.403. The number of rotatable bonds is 6. The smallest absolute Gasteiger partial charge is 0.338 e. The third-order valence-electron chi connectivity index (χ3n) is 11.6. The Morgan fingerprint density at radius 3 is 2.51 bits per heavy atom. The van der Waals surface area contributed by atoms with Gasteiger partial charge in [0.2, 0.25) is 0 Å². The van der Waals surface area contributed by atoms with Crippen molar-refractivity contribution in [1.82, 2.24) is 0 Å². The Morgan fingerprint density at radius 1 is 1.03 bits per heavy atom.